The first-order chi connectivity index (χ1) is 7.27. The highest BCUT2D eigenvalue weighted by Crippen LogP contribution is 2.16. The van der Waals surface area contributed by atoms with E-state index < -0.39 is 5.91 Å². The van der Waals surface area contributed by atoms with Gasteiger partial charge in [0.15, 0.2) is 0 Å². The molecule has 2 rings (SSSR count). The zero-order valence-corrected chi connectivity index (χ0v) is 8.13. The minimum atomic E-state index is -0.508. The minimum Gasteiger partial charge on any atom is -0.364 e. The van der Waals surface area contributed by atoms with Crippen LogP contribution in [0, 0.1) is 0 Å². The van der Waals surface area contributed by atoms with Crippen LogP contribution in [0.15, 0.2) is 47.2 Å². The maximum absolute atomic E-state index is 10.9. The second kappa shape index (κ2) is 3.96. The maximum Gasteiger partial charge on any atom is 0.268 e. The average molecular weight is 201 g/mol. The lowest BCUT2D eigenvalue weighted by atomic mass is 10.2. The van der Waals surface area contributed by atoms with Crippen LogP contribution in [-0.2, 0) is 4.79 Å². The number of anilines is 1. The van der Waals surface area contributed by atoms with E-state index in [-0.39, 0.29) is 5.70 Å². The Balaban J connectivity index is 2.27. The number of aliphatic imine (C=N–C) groups is 1. The monoisotopic (exact) mass is 201 g/mol. The molecule has 0 radical (unpaired) electrons. The Hall–Kier alpha value is -2.10. The van der Waals surface area contributed by atoms with E-state index in [2.05, 4.69) is 4.99 Å². The molecule has 1 heterocycles. The molecule has 2 N–H and O–H groups in total. The highest BCUT2D eigenvalue weighted by Gasteiger charge is 2.11. The van der Waals surface area contributed by atoms with Crippen molar-refractivity contribution < 1.29 is 4.79 Å². The number of hydrogen-bond acceptors (Lipinski definition) is 3. The van der Waals surface area contributed by atoms with Gasteiger partial charge in [0.1, 0.15) is 5.70 Å². The highest BCUT2D eigenvalue weighted by molar-refractivity contribution is 5.95. The van der Waals surface area contributed by atoms with Crippen LogP contribution in [0.2, 0.25) is 0 Å². The second-order valence-electron chi connectivity index (χ2n) is 3.18. The van der Waals surface area contributed by atoms with Gasteiger partial charge in [-0.15, -0.1) is 0 Å². The molecule has 1 aliphatic rings. The Morgan fingerprint density at radius 2 is 2.07 bits per heavy atom. The van der Waals surface area contributed by atoms with E-state index >= 15 is 0 Å². The van der Waals surface area contributed by atoms with Crippen molar-refractivity contribution >= 4 is 17.8 Å². The van der Waals surface area contributed by atoms with E-state index in [0.717, 1.165) is 5.69 Å². The Bertz CT molecular complexity index is 423. The summed E-state index contributed by atoms with van der Waals surface area (Å²) in [5.74, 6) is -0.508. The number of benzene rings is 1. The van der Waals surface area contributed by atoms with Crippen LogP contribution in [-0.4, -0.2) is 18.7 Å². The molecule has 0 saturated carbocycles. The van der Waals surface area contributed by atoms with Gasteiger partial charge < -0.3 is 10.6 Å². The van der Waals surface area contributed by atoms with Crippen LogP contribution in [0.5, 0.6) is 0 Å². The fourth-order valence-electron chi connectivity index (χ4n) is 1.39. The normalized spacial score (nSPS) is 14.9. The summed E-state index contributed by atoms with van der Waals surface area (Å²) in [6.07, 6.45) is 3.34. The molecule has 0 bridgehead atoms. The Morgan fingerprint density at radius 3 is 2.73 bits per heavy atom. The molecule has 0 spiro atoms. The summed E-state index contributed by atoms with van der Waals surface area (Å²) in [7, 11) is 0. The summed E-state index contributed by atoms with van der Waals surface area (Å²) >= 11 is 0. The van der Waals surface area contributed by atoms with Crippen molar-refractivity contribution in [1.82, 2.24) is 0 Å². The third-order valence-electron chi connectivity index (χ3n) is 2.13. The maximum atomic E-state index is 10.9. The van der Waals surface area contributed by atoms with Crippen molar-refractivity contribution in [2.24, 2.45) is 10.7 Å². The Labute approximate surface area is 87.7 Å². The van der Waals surface area contributed by atoms with Crippen LogP contribution in [0.3, 0.4) is 0 Å². The van der Waals surface area contributed by atoms with Gasteiger partial charge in [-0.05, 0) is 12.1 Å². The van der Waals surface area contributed by atoms with Gasteiger partial charge >= 0.3 is 0 Å². The number of carbonyl (C=O) groups excluding carboxylic acids is 1. The molecular weight excluding hydrogens is 190 g/mol. The van der Waals surface area contributed by atoms with Crippen molar-refractivity contribution in [1.29, 1.82) is 0 Å². The largest absolute Gasteiger partial charge is 0.364 e. The predicted octanol–water partition coefficient (Wildman–Crippen LogP) is 0.904. The lowest BCUT2D eigenvalue weighted by Crippen LogP contribution is -2.26. The van der Waals surface area contributed by atoms with Crippen LogP contribution < -0.4 is 10.6 Å². The van der Waals surface area contributed by atoms with Gasteiger partial charge in [0, 0.05) is 18.1 Å². The fraction of sp³-hybridized carbons (Fsp3) is 0.0909. The molecule has 0 unspecified atom stereocenters. The van der Waals surface area contributed by atoms with Gasteiger partial charge in [-0.3, -0.25) is 9.79 Å². The lowest BCUT2D eigenvalue weighted by molar-refractivity contribution is -0.114. The molecule has 1 aromatic carbocycles. The number of rotatable bonds is 2. The zero-order chi connectivity index (χ0) is 10.7. The second-order valence-corrected chi connectivity index (χ2v) is 3.18. The van der Waals surface area contributed by atoms with E-state index in [0.29, 0.717) is 6.54 Å². The van der Waals surface area contributed by atoms with Crippen molar-refractivity contribution in [2.75, 3.05) is 11.4 Å². The molecule has 1 aromatic rings. The SMILES string of the molecule is NC(=O)C1=CN(c2ccccc2)CC=N1. The van der Waals surface area contributed by atoms with Gasteiger partial charge in [0.05, 0.1) is 6.54 Å². The molecule has 0 aromatic heterocycles. The van der Waals surface area contributed by atoms with Crippen molar-refractivity contribution in [3.63, 3.8) is 0 Å². The number of nitrogens with zero attached hydrogens (tertiary/aromatic N) is 2. The highest BCUT2D eigenvalue weighted by atomic mass is 16.1. The molecule has 0 atom stereocenters. The predicted molar refractivity (Wildman–Crippen MR) is 59.6 cm³/mol. The third kappa shape index (κ3) is 2.04. The van der Waals surface area contributed by atoms with Crippen molar-refractivity contribution in [3.8, 4) is 0 Å². The molecule has 76 valence electrons. The van der Waals surface area contributed by atoms with E-state index in [9.17, 15) is 4.79 Å². The quantitative estimate of drug-likeness (QED) is 0.773. The van der Waals surface area contributed by atoms with Crippen LogP contribution in [0.4, 0.5) is 5.69 Å². The zero-order valence-electron chi connectivity index (χ0n) is 8.13. The number of para-hydroxylation sites is 1. The molecule has 1 amide bonds. The topological polar surface area (TPSA) is 58.7 Å². The molecule has 4 nitrogen and oxygen atoms in total. The standard InChI is InChI=1S/C11H11N3O/c12-11(15)10-8-14(7-6-13-10)9-4-2-1-3-5-9/h1-6,8H,7H2,(H2,12,15). The Morgan fingerprint density at radius 1 is 1.33 bits per heavy atom. The van der Waals surface area contributed by atoms with Gasteiger partial charge in [0.25, 0.3) is 5.91 Å². The lowest BCUT2D eigenvalue weighted by Gasteiger charge is -2.21. The summed E-state index contributed by atoms with van der Waals surface area (Å²) in [5, 5.41) is 0. The van der Waals surface area contributed by atoms with Gasteiger partial charge in [-0.1, -0.05) is 18.2 Å². The molecular formula is C11H11N3O. The van der Waals surface area contributed by atoms with Crippen LogP contribution in [0.1, 0.15) is 0 Å². The number of hydrogen-bond donors (Lipinski definition) is 1. The molecule has 1 aliphatic heterocycles. The summed E-state index contributed by atoms with van der Waals surface area (Å²) in [4.78, 5) is 16.8. The average Bonchev–Trinajstić information content (AvgIpc) is 2.30. The van der Waals surface area contributed by atoms with E-state index in [1.807, 2.05) is 35.2 Å². The number of primary amides is 1. The number of amides is 1. The summed E-state index contributed by atoms with van der Waals surface area (Å²) in [6, 6.07) is 9.76. The third-order valence-corrected chi connectivity index (χ3v) is 2.13. The molecule has 0 saturated heterocycles. The van der Waals surface area contributed by atoms with Gasteiger partial charge in [-0.2, -0.15) is 0 Å². The molecule has 15 heavy (non-hydrogen) atoms. The van der Waals surface area contributed by atoms with E-state index in [1.165, 1.54) is 0 Å². The van der Waals surface area contributed by atoms with Gasteiger partial charge in [-0.25, -0.2) is 0 Å². The minimum absolute atomic E-state index is 0.283. The van der Waals surface area contributed by atoms with E-state index in [1.54, 1.807) is 12.4 Å². The van der Waals surface area contributed by atoms with Crippen molar-refractivity contribution in [2.45, 2.75) is 0 Å². The molecule has 0 aliphatic carbocycles. The molecule has 4 heteroatoms. The smallest absolute Gasteiger partial charge is 0.268 e. The van der Waals surface area contributed by atoms with E-state index in [4.69, 9.17) is 5.73 Å². The van der Waals surface area contributed by atoms with Crippen molar-refractivity contribution in [3.05, 3.63) is 42.2 Å². The number of carbonyl (C=O) groups is 1. The summed E-state index contributed by atoms with van der Waals surface area (Å²) < 4.78 is 0. The van der Waals surface area contributed by atoms with Crippen LogP contribution >= 0.6 is 0 Å². The number of nitrogens with two attached hydrogens (primary N) is 1. The summed E-state index contributed by atoms with van der Waals surface area (Å²) in [5.41, 5.74) is 6.46. The first kappa shape index (κ1) is 9.45. The van der Waals surface area contributed by atoms with Crippen LogP contribution in [0.25, 0.3) is 0 Å². The summed E-state index contributed by atoms with van der Waals surface area (Å²) in [6.45, 7) is 0.654. The fourth-order valence-corrected chi connectivity index (χ4v) is 1.39. The molecule has 0 fully saturated rings. The van der Waals surface area contributed by atoms with Gasteiger partial charge in [0.2, 0.25) is 0 Å². The Kier molecular flexibility index (Phi) is 2.49. The first-order valence-corrected chi connectivity index (χ1v) is 4.63. The first-order valence-electron chi connectivity index (χ1n) is 4.63.